The highest BCUT2D eigenvalue weighted by Crippen LogP contribution is 2.25. The van der Waals surface area contributed by atoms with Crippen LogP contribution in [0.1, 0.15) is 18.4 Å². The normalized spacial score (nSPS) is 18.6. The fraction of sp³-hybridized carbons (Fsp3) is 0.438. The Kier molecular flexibility index (Phi) is 3.74. The fourth-order valence-corrected chi connectivity index (χ4v) is 2.92. The standard InChI is InChI=1S/C16H19FN2/c17-15(12-5-8-18-9-6-12)11-13-7-10-19-16-4-2-1-3-14(13)16/h1-4,7,10,12,15,18H,5-6,8-9,11H2. The first-order chi connectivity index (χ1) is 9.34. The van der Waals surface area contributed by atoms with Crippen molar-refractivity contribution in [1.82, 2.24) is 10.3 Å². The first-order valence-electron chi connectivity index (χ1n) is 7.02. The van der Waals surface area contributed by atoms with Crippen LogP contribution in [0.2, 0.25) is 0 Å². The van der Waals surface area contributed by atoms with Gasteiger partial charge < -0.3 is 5.32 Å². The molecule has 0 amide bonds. The van der Waals surface area contributed by atoms with Crippen LogP contribution in [-0.4, -0.2) is 24.2 Å². The van der Waals surface area contributed by atoms with Gasteiger partial charge in [-0.05, 0) is 49.5 Å². The van der Waals surface area contributed by atoms with Gasteiger partial charge in [-0.15, -0.1) is 0 Å². The molecule has 1 aromatic carbocycles. The second-order valence-electron chi connectivity index (χ2n) is 5.29. The Morgan fingerprint density at radius 3 is 2.84 bits per heavy atom. The van der Waals surface area contributed by atoms with E-state index in [1.807, 2.05) is 30.3 Å². The molecule has 1 aromatic heterocycles. The number of alkyl halides is 1. The van der Waals surface area contributed by atoms with Gasteiger partial charge in [-0.25, -0.2) is 4.39 Å². The molecule has 100 valence electrons. The third kappa shape index (κ3) is 2.76. The molecule has 0 bridgehead atoms. The maximum atomic E-state index is 14.5. The molecule has 3 rings (SSSR count). The summed E-state index contributed by atoms with van der Waals surface area (Å²) in [6.45, 7) is 1.89. The third-order valence-corrected chi connectivity index (χ3v) is 4.05. The van der Waals surface area contributed by atoms with Crippen LogP contribution in [0, 0.1) is 5.92 Å². The zero-order valence-electron chi connectivity index (χ0n) is 11.0. The van der Waals surface area contributed by atoms with Crippen LogP contribution in [0.25, 0.3) is 10.9 Å². The van der Waals surface area contributed by atoms with E-state index < -0.39 is 6.17 Å². The molecule has 2 nitrogen and oxygen atoms in total. The van der Waals surface area contributed by atoms with E-state index in [4.69, 9.17) is 0 Å². The average molecular weight is 258 g/mol. The minimum atomic E-state index is -0.743. The number of rotatable bonds is 3. The number of nitrogens with one attached hydrogen (secondary N) is 1. The molecule has 1 fully saturated rings. The zero-order valence-corrected chi connectivity index (χ0v) is 11.0. The minimum absolute atomic E-state index is 0.202. The number of fused-ring (bicyclic) bond motifs is 1. The highest BCUT2D eigenvalue weighted by molar-refractivity contribution is 5.81. The smallest absolute Gasteiger partial charge is 0.107 e. The van der Waals surface area contributed by atoms with Crippen LogP contribution in [0.15, 0.2) is 36.5 Å². The molecule has 1 N–H and O–H groups in total. The first kappa shape index (κ1) is 12.5. The number of hydrogen-bond acceptors (Lipinski definition) is 2. The largest absolute Gasteiger partial charge is 0.317 e. The summed E-state index contributed by atoms with van der Waals surface area (Å²) in [5.41, 5.74) is 2.04. The second-order valence-corrected chi connectivity index (χ2v) is 5.29. The van der Waals surface area contributed by atoms with Crippen molar-refractivity contribution in [1.29, 1.82) is 0 Å². The number of halogens is 1. The van der Waals surface area contributed by atoms with Crippen molar-refractivity contribution >= 4 is 10.9 Å². The maximum absolute atomic E-state index is 14.5. The Bertz CT molecular complexity index is 544. The summed E-state index contributed by atoms with van der Waals surface area (Å²) in [4.78, 5) is 4.33. The molecule has 0 spiro atoms. The van der Waals surface area contributed by atoms with Gasteiger partial charge in [0.1, 0.15) is 6.17 Å². The Morgan fingerprint density at radius 2 is 2.00 bits per heavy atom. The van der Waals surface area contributed by atoms with Gasteiger partial charge in [-0.2, -0.15) is 0 Å². The summed E-state index contributed by atoms with van der Waals surface area (Å²) in [5.74, 6) is 0.202. The van der Waals surface area contributed by atoms with E-state index in [-0.39, 0.29) is 5.92 Å². The van der Waals surface area contributed by atoms with Crippen molar-refractivity contribution < 1.29 is 4.39 Å². The predicted octanol–water partition coefficient (Wildman–Crippen LogP) is 3.12. The Hall–Kier alpha value is -1.48. The summed E-state index contributed by atoms with van der Waals surface area (Å²) in [6, 6.07) is 9.93. The van der Waals surface area contributed by atoms with E-state index in [1.54, 1.807) is 6.20 Å². The van der Waals surface area contributed by atoms with Crippen LogP contribution < -0.4 is 5.32 Å². The van der Waals surface area contributed by atoms with Gasteiger partial charge in [0, 0.05) is 18.0 Å². The molecule has 1 unspecified atom stereocenters. The van der Waals surface area contributed by atoms with Gasteiger partial charge in [-0.1, -0.05) is 18.2 Å². The van der Waals surface area contributed by atoms with Crippen molar-refractivity contribution in [2.24, 2.45) is 5.92 Å². The van der Waals surface area contributed by atoms with E-state index in [1.165, 1.54) is 0 Å². The van der Waals surface area contributed by atoms with E-state index >= 15 is 0 Å². The monoisotopic (exact) mass is 258 g/mol. The molecule has 3 heteroatoms. The van der Waals surface area contributed by atoms with Crippen molar-refractivity contribution in [3.8, 4) is 0 Å². The summed E-state index contributed by atoms with van der Waals surface area (Å²) in [6.07, 6.45) is 3.45. The first-order valence-corrected chi connectivity index (χ1v) is 7.02. The number of hydrogen-bond donors (Lipinski definition) is 1. The number of nitrogens with zero attached hydrogens (tertiary/aromatic N) is 1. The summed E-state index contributed by atoms with van der Waals surface area (Å²) in [5, 5.41) is 4.37. The highest BCUT2D eigenvalue weighted by atomic mass is 19.1. The molecule has 0 radical (unpaired) electrons. The van der Waals surface area contributed by atoms with Gasteiger partial charge in [0.2, 0.25) is 0 Å². The lowest BCUT2D eigenvalue weighted by Gasteiger charge is -2.26. The fourth-order valence-electron chi connectivity index (χ4n) is 2.92. The van der Waals surface area contributed by atoms with Crippen LogP contribution >= 0.6 is 0 Å². The summed E-state index contributed by atoms with van der Waals surface area (Å²) in [7, 11) is 0. The van der Waals surface area contributed by atoms with Gasteiger partial charge in [0.15, 0.2) is 0 Å². The van der Waals surface area contributed by atoms with Gasteiger partial charge >= 0.3 is 0 Å². The Balaban J connectivity index is 1.80. The Labute approximate surface area is 113 Å². The van der Waals surface area contributed by atoms with E-state index in [2.05, 4.69) is 10.3 Å². The quantitative estimate of drug-likeness (QED) is 0.915. The number of aromatic nitrogens is 1. The lowest BCUT2D eigenvalue weighted by Crippen LogP contribution is -2.33. The van der Waals surface area contributed by atoms with Gasteiger partial charge in [0.25, 0.3) is 0 Å². The third-order valence-electron chi connectivity index (χ3n) is 4.05. The van der Waals surface area contributed by atoms with Crippen molar-refractivity contribution in [2.75, 3.05) is 13.1 Å². The highest BCUT2D eigenvalue weighted by Gasteiger charge is 2.23. The lowest BCUT2D eigenvalue weighted by atomic mass is 9.89. The molecule has 2 heterocycles. The average Bonchev–Trinajstić information content (AvgIpc) is 2.48. The lowest BCUT2D eigenvalue weighted by molar-refractivity contribution is 0.187. The van der Waals surface area contributed by atoms with Crippen LogP contribution in [0.3, 0.4) is 0 Å². The van der Waals surface area contributed by atoms with Gasteiger partial charge in [-0.3, -0.25) is 4.98 Å². The molecular weight excluding hydrogens is 239 g/mol. The van der Waals surface area contributed by atoms with Crippen LogP contribution in [-0.2, 0) is 6.42 Å². The molecular formula is C16H19FN2. The van der Waals surface area contributed by atoms with Gasteiger partial charge in [0.05, 0.1) is 5.52 Å². The molecule has 0 saturated carbocycles. The van der Waals surface area contributed by atoms with E-state index in [0.29, 0.717) is 6.42 Å². The zero-order chi connectivity index (χ0) is 13.1. The van der Waals surface area contributed by atoms with Crippen molar-refractivity contribution in [3.63, 3.8) is 0 Å². The number of piperidine rings is 1. The van der Waals surface area contributed by atoms with Crippen LogP contribution in [0.5, 0.6) is 0 Å². The van der Waals surface area contributed by atoms with Crippen LogP contribution in [0.4, 0.5) is 4.39 Å². The SMILES string of the molecule is FC(Cc1ccnc2ccccc12)C1CCNCC1. The maximum Gasteiger partial charge on any atom is 0.107 e. The molecule has 19 heavy (non-hydrogen) atoms. The molecule has 1 saturated heterocycles. The molecule has 2 aromatic rings. The summed E-state index contributed by atoms with van der Waals surface area (Å²) >= 11 is 0. The topological polar surface area (TPSA) is 24.9 Å². The van der Waals surface area contributed by atoms with Crippen molar-refractivity contribution in [3.05, 3.63) is 42.1 Å². The van der Waals surface area contributed by atoms with E-state index in [0.717, 1.165) is 42.4 Å². The number of benzene rings is 1. The van der Waals surface area contributed by atoms with E-state index in [9.17, 15) is 4.39 Å². The molecule has 1 aliphatic rings. The van der Waals surface area contributed by atoms with Crippen molar-refractivity contribution in [2.45, 2.75) is 25.4 Å². The molecule has 0 aliphatic carbocycles. The summed E-state index contributed by atoms with van der Waals surface area (Å²) < 4.78 is 14.5. The molecule has 1 aliphatic heterocycles. The second kappa shape index (κ2) is 5.66. The minimum Gasteiger partial charge on any atom is -0.317 e. The number of para-hydroxylation sites is 1. The molecule has 1 atom stereocenters. The Morgan fingerprint density at radius 1 is 1.21 bits per heavy atom. The predicted molar refractivity (Wildman–Crippen MR) is 75.9 cm³/mol. The number of pyridine rings is 1.